The topological polar surface area (TPSA) is 357 Å². The van der Waals surface area contributed by atoms with Gasteiger partial charge in [-0.2, -0.15) is 0 Å². The molecule has 0 aromatic carbocycles. The number of carbonyl (C=O) groups excluding carboxylic acids is 7. The molecule has 22 heteroatoms. The molecule has 1 rings (SSSR count). The van der Waals surface area contributed by atoms with Gasteiger partial charge in [0.25, 0.3) is 0 Å². The molecule has 0 bridgehead atoms. The van der Waals surface area contributed by atoms with Gasteiger partial charge in [0.05, 0.1) is 37.2 Å². The van der Waals surface area contributed by atoms with E-state index in [1.54, 1.807) is 0 Å². The van der Waals surface area contributed by atoms with Crippen molar-refractivity contribution in [2.45, 2.75) is 108 Å². The van der Waals surface area contributed by atoms with E-state index < -0.39 is 115 Å². The second-order valence-electron chi connectivity index (χ2n) is 12.0. The van der Waals surface area contributed by atoms with Gasteiger partial charge in [0.2, 0.25) is 35.9 Å². The molecule has 1 heterocycles. The third kappa shape index (κ3) is 14.3. The van der Waals surface area contributed by atoms with Crippen molar-refractivity contribution in [1.29, 1.82) is 0 Å². The smallest absolute Gasteiger partial charge is 0.335 e. The summed E-state index contributed by atoms with van der Waals surface area (Å²) in [5.41, 5.74) is 5.55. The van der Waals surface area contributed by atoms with Crippen LogP contribution in [0.25, 0.3) is 0 Å². The number of hydrogen-bond acceptors (Lipinski definition) is 15. The number of carboxylic acids is 1. The summed E-state index contributed by atoms with van der Waals surface area (Å²) >= 11 is 0. The molecule has 1 saturated heterocycles. The minimum atomic E-state index is -2.60. The minimum absolute atomic E-state index is 0.00955. The number of carboxylic acid groups (broad SMARTS) is 1. The summed E-state index contributed by atoms with van der Waals surface area (Å²) in [6, 6.07) is -8.64. The van der Waals surface area contributed by atoms with Gasteiger partial charge in [0, 0.05) is 6.54 Å². The summed E-state index contributed by atoms with van der Waals surface area (Å²) in [6.45, 7) is 2.27. The zero-order valence-electron chi connectivity index (χ0n) is 28.4. The van der Waals surface area contributed by atoms with Crippen LogP contribution in [-0.2, 0) is 43.1 Å². The molecule has 1 aliphatic rings. The molecule has 290 valence electrons. The standard InChI is InChI=1S/C29H49N7O15/c1-13-10-19(40)31-16(7-5-9-36(50)12-38)22(41)14(2)24(43)34-20(15(3)39)27(46)32-17(6-4-8-30)25(44)33-18(11-37)26(45)35-21(29(49)51-13)23(42)28(47)48/h12-18,20-23,37,39,41-42,50H,4-11,30H2,1-3H3,(H,31,40)(H,32,46)(H,33,44)(H,34,43)(H,35,45)(H,47,48). The fourth-order valence-corrected chi connectivity index (χ4v) is 4.87. The molecule has 1 fully saturated rings. The Kier molecular flexibility index (Phi) is 18.9. The summed E-state index contributed by atoms with van der Waals surface area (Å²) in [4.78, 5) is 101. The summed E-state index contributed by atoms with van der Waals surface area (Å²) in [5, 5.41) is 71.8. The molecule has 0 radical (unpaired) electrons. The number of amides is 6. The molecule has 0 saturated carbocycles. The molecular formula is C29H49N7O15. The first kappa shape index (κ1) is 44.5. The molecule has 0 aromatic heterocycles. The van der Waals surface area contributed by atoms with E-state index in [9.17, 15) is 69.1 Å². The minimum Gasteiger partial charge on any atom is -0.479 e. The number of hydroxylamine groups is 2. The van der Waals surface area contributed by atoms with Crippen LogP contribution >= 0.6 is 0 Å². The molecule has 13 N–H and O–H groups in total. The monoisotopic (exact) mass is 735 g/mol. The first-order valence-electron chi connectivity index (χ1n) is 16.1. The summed E-state index contributed by atoms with van der Waals surface area (Å²) in [6.07, 6.45) is -7.89. The van der Waals surface area contributed by atoms with E-state index in [2.05, 4.69) is 21.3 Å². The van der Waals surface area contributed by atoms with Gasteiger partial charge in [0.15, 0.2) is 12.1 Å². The Hall–Kier alpha value is -4.48. The number of aliphatic hydroxyl groups is 4. The van der Waals surface area contributed by atoms with Crippen LogP contribution in [0.2, 0.25) is 0 Å². The second-order valence-corrected chi connectivity index (χ2v) is 12.0. The van der Waals surface area contributed by atoms with Crippen molar-refractivity contribution in [1.82, 2.24) is 31.6 Å². The van der Waals surface area contributed by atoms with Crippen LogP contribution in [0.5, 0.6) is 0 Å². The maximum atomic E-state index is 13.3. The highest BCUT2D eigenvalue weighted by molar-refractivity contribution is 5.96. The first-order valence-corrected chi connectivity index (χ1v) is 16.1. The molecule has 1 aliphatic heterocycles. The largest absolute Gasteiger partial charge is 0.479 e. The van der Waals surface area contributed by atoms with Crippen LogP contribution in [-0.4, -0.2) is 158 Å². The number of nitrogens with two attached hydrogens (primary N) is 1. The van der Waals surface area contributed by atoms with Gasteiger partial charge in [-0.05, 0) is 46.1 Å². The molecule has 51 heavy (non-hydrogen) atoms. The van der Waals surface area contributed by atoms with Gasteiger partial charge in [0.1, 0.15) is 24.2 Å². The van der Waals surface area contributed by atoms with E-state index in [1.807, 2.05) is 5.32 Å². The Morgan fingerprint density at radius 2 is 1.51 bits per heavy atom. The highest BCUT2D eigenvalue weighted by Gasteiger charge is 2.39. The van der Waals surface area contributed by atoms with Crippen LogP contribution in [0, 0.1) is 5.92 Å². The zero-order chi connectivity index (χ0) is 39.0. The Balaban J connectivity index is 3.63. The highest BCUT2D eigenvalue weighted by atomic mass is 16.5. The van der Waals surface area contributed by atoms with Crippen molar-refractivity contribution in [3.8, 4) is 0 Å². The zero-order valence-corrected chi connectivity index (χ0v) is 28.4. The lowest BCUT2D eigenvalue weighted by Gasteiger charge is -2.30. The number of aliphatic hydroxyl groups excluding tert-OH is 4. The van der Waals surface area contributed by atoms with Gasteiger partial charge >= 0.3 is 11.9 Å². The second kappa shape index (κ2) is 21.7. The van der Waals surface area contributed by atoms with E-state index in [1.165, 1.54) is 13.8 Å². The fraction of sp³-hybridized carbons (Fsp3) is 0.724. The Morgan fingerprint density at radius 1 is 0.922 bits per heavy atom. The van der Waals surface area contributed by atoms with Crippen LogP contribution < -0.4 is 32.3 Å². The number of ether oxygens (including phenoxy) is 1. The number of aliphatic carboxylic acids is 1. The third-order valence-corrected chi connectivity index (χ3v) is 7.83. The van der Waals surface area contributed by atoms with E-state index >= 15 is 0 Å². The molecule has 6 amide bonds. The number of carbonyl (C=O) groups is 8. The highest BCUT2D eigenvalue weighted by Crippen LogP contribution is 2.15. The van der Waals surface area contributed by atoms with Crippen LogP contribution in [0.4, 0.5) is 0 Å². The van der Waals surface area contributed by atoms with Crippen molar-refractivity contribution in [3.05, 3.63) is 0 Å². The van der Waals surface area contributed by atoms with Gasteiger partial charge in [-0.15, -0.1) is 0 Å². The lowest BCUT2D eigenvalue weighted by Crippen LogP contribution is -2.61. The fourth-order valence-electron chi connectivity index (χ4n) is 4.87. The normalized spacial score (nSPS) is 29.0. The molecule has 10 unspecified atom stereocenters. The van der Waals surface area contributed by atoms with E-state index in [4.69, 9.17) is 10.5 Å². The summed E-state index contributed by atoms with van der Waals surface area (Å²) in [5.74, 6) is -10.3. The molecule has 22 nitrogen and oxygen atoms in total. The maximum absolute atomic E-state index is 13.3. The summed E-state index contributed by atoms with van der Waals surface area (Å²) in [7, 11) is 0. The number of hydrogen-bond donors (Lipinski definition) is 12. The summed E-state index contributed by atoms with van der Waals surface area (Å²) < 4.78 is 5.10. The molecule has 0 spiro atoms. The Bertz CT molecular complexity index is 1240. The first-order chi connectivity index (χ1) is 23.9. The number of esters is 1. The molecule has 0 aliphatic carbocycles. The number of cyclic esters (lactones) is 1. The molecular weight excluding hydrogens is 686 g/mol. The van der Waals surface area contributed by atoms with Crippen molar-refractivity contribution in [3.63, 3.8) is 0 Å². The third-order valence-electron chi connectivity index (χ3n) is 7.83. The predicted octanol–water partition coefficient (Wildman–Crippen LogP) is -6.07. The predicted molar refractivity (Wildman–Crippen MR) is 169 cm³/mol. The molecule has 0 aromatic rings. The van der Waals surface area contributed by atoms with Crippen LogP contribution in [0.15, 0.2) is 0 Å². The van der Waals surface area contributed by atoms with Crippen LogP contribution in [0.1, 0.15) is 52.9 Å². The average Bonchev–Trinajstić information content (AvgIpc) is 3.07. The maximum Gasteiger partial charge on any atom is 0.335 e. The lowest BCUT2D eigenvalue weighted by molar-refractivity contribution is -0.164. The quantitative estimate of drug-likeness (QED) is 0.0384. The van der Waals surface area contributed by atoms with Gasteiger partial charge in [-0.1, -0.05) is 6.92 Å². The van der Waals surface area contributed by atoms with E-state index in [0.717, 1.165) is 6.92 Å². The van der Waals surface area contributed by atoms with E-state index in [-0.39, 0.29) is 45.2 Å². The number of nitrogens with one attached hydrogen (secondary N) is 5. The Labute approximate surface area is 292 Å². The number of rotatable bonds is 12. The average molecular weight is 736 g/mol. The van der Waals surface area contributed by atoms with Crippen molar-refractivity contribution in [2.75, 3.05) is 19.7 Å². The van der Waals surface area contributed by atoms with Crippen molar-refractivity contribution >= 4 is 47.9 Å². The lowest BCUT2D eigenvalue weighted by atomic mass is 9.93. The van der Waals surface area contributed by atoms with Crippen molar-refractivity contribution < 1.29 is 73.8 Å². The molecule has 10 atom stereocenters. The van der Waals surface area contributed by atoms with E-state index in [0.29, 0.717) is 5.06 Å². The van der Waals surface area contributed by atoms with Gasteiger partial charge in [-0.25, -0.2) is 14.7 Å². The SMILES string of the molecule is CC1CC(=O)NC(CCCN(O)C=O)C(O)C(C)C(=O)NC(C(C)O)C(=O)NC(CCCN)C(=O)NC(CO)C(=O)NC(C(O)C(=O)O)C(=O)O1. The van der Waals surface area contributed by atoms with Gasteiger partial charge in [-0.3, -0.25) is 34.0 Å². The Morgan fingerprint density at radius 3 is 2.06 bits per heavy atom. The van der Waals surface area contributed by atoms with Gasteiger partial charge < -0.3 is 62.6 Å². The van der Waals surface area contributed by atoms with Crippen molar-refractivity contribution in [2.24, 2.45) is 11.7 Å². The number of nitrogens with zero attached hydrogens (tertiary/aromatic N) is 1. The van der Waals surface area contributed by atoms with Crippen LogP contribution in [0.3, 0.4) is 0 Å².